The topological polar surface area (TPSA) is 24.9 Å². The maximum absolute atomic E-state index is 4.04. The number of rotatable bonds is 5. The summed E-state index contributed by atoms with van der Waals surface area (Å²) in [6, 6.07) is 13.3. The predicted octanol–water partition coefficient (Wildman–Crippen LogP) is 4.06. The largest absolute Gasteiger partial charge is 0.306 e. The second-order valence-electron chi connectivity index (χ2n) is 5.28. The quantitative estimate of drug-likeness (QED) is 0.870. The lowest BCUT2D eigenvalue weighted by molar-refractivity contribution is 0.574. The minimum atomic E-state index is 0.341. The molecule has 100 valence electrons. The Morgan fingerprint density at radius 2 is 1.53 bits per heavy atom. The molecule has 1 aromatic carbocycles. The maximum atomic E-state index is 4.04. The van der Waals surface area contributed by atoms with Crippen LogP contribution in [0.25, 0.3) is 0 Å². The zero-order valence-electron chi connectivity index (χ0n) is 11.9. The number of aromatic nitrogens is 1. The Morgan fingerprint density at radius 3 is 2.11 bits per heavy atom. The summed E-state index contributed by atoms with van der Waals surface area (Å²) in [7, 11) is 0. The highest BCUT2D eigenvalue weighted by molar-refractivity contribution is 5.25. The molecule has 2 aromatic rings. The molecule has 2 nitrogen and oxygen atoms in total. The van der Waals surface area contributed by atoms with Gasteiger partial charge in [0.1, 0.15) is 0 Å². The molecule has 0 spiro atoms. The van der Waals surface area contributed by atoms with Gasteiger partial charge in [-0.3, -0.25) is 4.98 Å². The summed E-state index contributed by atoms with van der Waals surface area (Å²) in [6.07, 6.45) is 3.68. The van der Waals surface area contributed by atoms with Crippen molar-refractivity contribution >= 4 is 0 Å². The molecule has 0 saturated carbocycles. The Kier molecular flexibility index (Phi) is 4.69. The third-order valence-electron chi connectivity index (χ3n) is 3.46. The van der Waals surface area contributed by atoms with Gasteiger partial charge < -0.3 is 5.32 Å². The van der Waals surface area contributed by atoms with Crippen molar-refractivity contribution in [2.24, 2.45) is 0 Å². The molecule has 19 heavy (non-hydrogen) atoms. The average molecular weight is 254 g/mol. The fourth-order valence-corrected chi connectivity index (χ4v) is 2.06. The van der Waals surface area contributed by atoms with E-state index in [2.05, 4.69) is 67.5 Å². The first kappa shape index (κ1) is 13.8. The monoisotopic (exact) mass is 254 g/mol. The van der Waals surface area contributed by atoms with Gasteiger partial charge in [0.15, 0.2) is 0 Å². The molecule has 2 rings (SSSR count). The zero-order chi connectivity index (χ0) is 13.7. The Balaban J connectivity index is 1.92. The number of benzene rings is 1. The second-order valence-corrected chi connectivity index (χ2v) is 5.28. The molecule has 0 amide bonds. The summed E-state index contributed by atoms with van der Waals surface area (Å²) in [5, 5.41) is 3.54. The smallest absolute Gasteiger partial charge is 0.0296 e. The lowest BCUT2D eigenvalue weighted by Crippen LogP contribution is -2.18. The van der Waals surface area contributed by atoms with E-state index in [9.17, 15) is 0 Å². The molecule has 0 unspecified atom stereocenters. The van der Waals surface area contributed by atoms with Gasteiger partial charge in [-0.2, -0.15) is 0 Å². The summed E-state index contributed by atoms with van der Waals surface area (Å²) in [5.74, 6) is 0.595. The van der Waals surface area contributed by atoms with Crippen LogP contribution in [-0.2, 0) is 6.54 Å². The van der Waals surface area contributed by atoms with Crippen LogP contribution in [0, 0.1) is 0 Å². The van der Waals surface area contributed by atoms with Gasteiger partial charge >= 0.3 is 0 Å². The van der Waals surface area contributed by atoms with Crippen LogP contribution in [0.1, 0.15) is 49.4 Å². The fraction of sp³-hybridized carbons (Fsp3) is 0.353. The molecule has 0 saturated heterocycles. The third kappa shape index (κ3) is 3.90. The van der Waals surface area contributed by atoms with E-state index in [4.69, 9.17) is 0 Å². The summed E-state index contributed by atoms with van der Waals surface area (Å²) in [6.45, 7) is 7.51. The van der Waals surface area contributed by atoms with Crippen LogP contribution in [-0.4, -0.2) is 4.98 Å². The van der Waals surface area contributed by atoms with Crippen molar-refractivity contribution in [3.63, 3.8) is 0 Å². The van der Waals surface area contributed by atoms with Crippen LogP contribution in [0.2, 0.25) is 0 Å². The Bertz CT molecular complexity index is 488. The molecule has 1 atom stereocenters. The Labute approximate surface area is 115 Å². The molecule has 0 aliphatic carbocycles. The fourth-order valence-electron chi connectivity index (χ4n) is 2.06. The molecule has 1 heterocycles. The van der Waals surface area contributed by atoms with Crippen molar-refractivity contribution in [1.82, 2.24) is 10.3 Å². The number of nitrogens with zero attached hydrogens (tertiary/aromatic N) is 1. The highest BCUT2D eigenvalue weighted by Gasteiger charge is 2.04. The normalized spacial score (nSPS) is 12.6. The first-order valence-corrected chi connectivity index (χ1v) is 6.89. The number of hydrogen-bond acceptors (Lipinski definition) is 2. The van der Waals surface area contributed by atoms with Gasteiger partial charge in [-0.25, -0.2) is 0 Å². The summed E-state index contributed by atoms with van der Waals surface area (Å²) in [5.41, 5.74) is 3.99. The zero-order valence-corrected chi connectivity index (χ0v) is 11.9. The number of hydrogen-bond donors (Lipinski definition) is 1. The molecule has 0 fully saturated rings. The van der Waals surface area contributed by atoms with Crippen molar-refractivity contribution in [1.29, 1.82) is 0 Å². The van der Waals surface area contributed by atoms with E-state index in [1.807, 2.05) is 12.4 Å². The summed E-state index contributed by atoms with van der Waals surface area (Å²) in [4.78, 5) is 4.04. The van der Waals surface area contributed by atoms with Crippen LogP contribution in [0.4, 0.5) is 0 Å². The lowest BCUT2D eigenvalue weighted by atomic mass is 10.0. The first-order chi connectivity index (χ1) is 9.16. The summed E-state index contributed by atoms with van der Waals surface area (Å²) >= 11 is 0. The van der Waals surface area contributed by atoms with Crippen molar-refractivity contribution < 1.29 is 0 Å². The van der Waals surface area contributed by atoms with Crippen molar-refractivity contribution in [2.45, 2.75) is 39.3 Å². The van der Waals surface area contributed by atoms with E-state index in [0.717, 1.165) is 6.54 Å². The van der Waals surface area contributed by atoms with Gasteiger partial charge in [0.2, 0.25) is 0 Å². The first-order valence-electron chi connectivity index (χ1n) is 6.89. The van der Waals surface area contributed by atoms with Crippen LogP contribution < -0.4 is 5.32 Å². The van der Waals surface area contributed by atoms with Crippen LogP contribution in [0.15, 0.2) is 48.8 Å². The van der Waals surface area contributed by atoms with Gasteiger partial charge in [0.05, 0.1) is 0 Å². The molecule has 2 heteroatoms. The van der Waals surface area contributed by atoms with Crippen molar-refractivity contribution in [3.8, 4) is 0 Å². The van der Waals surface area contributed by atoms with Gasteiger partial charge in [0, 0.05) is 25.0 Å². The molecular formula is C17H22N2. The summed E-state index contributed by atoms with van der Waals surface area (Å²) < 4.78 is 0. The van der Waals surface area contributed by atoms with E-state index in [1.54, 1.807) is 0 Å². The van der Waals surface area contributed by atoms with Crippen molar-refractivity contribution in [2.75, 3.05) is 0 Å². The Morgan fingerprint density at radius 1 is 0.895 bits per heavy atom. The van der Waals surface area contributed by atoms with Gasteiger partial charge in [-0.05, 0) is 41.7 Å². The molecule has 0 bridgehead atoms. The lowest BCUT2D eigenvalue weighted by Gasteiger charge is -2.14. The highest BCUT2D eigenvalue weighted by Crippen LogP contribution is 2.16. The molecule has 1 aromatic heterocycles. The maximum Gasteiger partial charge on any atom is 0.0296 e. The minimum absolute atomic E-state index is 0.341. The van der Waals surface area contributed by atoms with E-state index in [0.29, 0.717) is 12.0 Å². The average Bonchev–Trinajstić information content (AvgIpc) is 2.46. The SMILES string of the molecule is CC(C)c1ccc(CN[C@@H](C)c2ccncc2)cc1. The van der Waals surface area contributed by atoms with Crippen molar-refractivity contribution in [3.05, 3.63) is 65.5 Å². The highest BCUT2D eigenvalue weighted by atomic mass is 14.9. The minimum Gasteiger partial charge on any atom is -0.306 e. The van der Waals surface area contributed by atoms with Gasteiger partial charge in [0.25, 0.3) is 0 Å². The van der Waals surface area contributed by atoms with E-state index < -0.39 is 0 Å². The molecule has 0 aliphatic heterocycles. The molecule has 1 N–H and O–H groups in total. The number of nitrogens with one attached hydrogen (secondary N) is 1. The van der Waals surface area contributed by atoms with Crippen LogP contribution in [0.3, 0.4) is 0 Å². The predicted molar refractivity (Wildman–Crippen MR) is 80.0 cm³/mol. The third-order valence-corrected chi connectivity index (χ3v) is 3.46. The standard InChI is InChI=1S/C17H22N2/c1-13(2)16-6-4-15(5-7-16)12-19-14(3)17-8-10-18-11-9-17/h4-11,13-14,19H,12H2,1-3H3/t14-/m0/s1. The molecular weight excluding hydrogens is 232 g/mol. The van der Waals surface area contributed by atoms with Crippen LogP contribution in [0.5, 0.6) is 0 Å². The number of pyridine rings is 1. The molecule has 0 aliphatic rings. The van der Waals surface area contributed by atoms with E-state index in [1.165, 1.54) is 16.7 Å². The van der Waals surface area contributed by atoms with Gasteiger partial charge in [-0.15, -0.1) is 0 Å². The Hall–Kier alpha value is -1.67. The second kappa shape index (κ2) is 6.48. The van der Waals surface area contributed by atoms with E-state index in [-0.39, 0.29) is 0 Å². The van der Waals surface area contributed by atoms with Gasteiger partial charge in [-0.1, -0.05) is 38.1 Å². The van der Waals surface area contributed by atoms with Crippen LogP contribution >= 0.6 is 0 Å². The van der Waals surface area contributed by atoms with E-state index >= 15 is 0 Å². The molecule has 0 radical (unpaired) electrons.